The van der Waals surface area contributed by atoms with Crippen molar-refractivity contribution in [2.75, 3.05) is 26.3 Å². The lowest BCUT2D eigenvalue weighted by molar-refractivity contribution is -0.192. The molecule has 0 radical (unpaired) electrons. The number of carboxylic acids is 1. The number of carboxylic acid groups (broad SMARTS) is 1. The van der Waals surface area contributed by atoms with Crippen LogP contribution in [0.4, 0.5) is 13.2 Å². The number of nitrogens with zero attached hydrogens (tertiary/aromatic N) is 3. The van der Waals surface area contributed by atoms with E-state index >= 15 is 0 Å². The number of likely N-dealkylation sites (tertiary alicyclic amines) is 1. The lowest BCUT2D eigenvalue weighted by Gasteiger charge is -2.19. The lowest BCUT2D eigenvalue weighted by atomic mass is 9.91. The molecule has 0 aliphatic carbocycles. The van der Waals surface area contributed by atoms with E-state index in [1.54, 1.807) is 12.1 Å². The minimum Gasteiger partial charge on any atom is -0.478 e. The number of hydrogen-bond acceptors (Lipinski definition) is 6. The first-order valence-corrected chi connectivity index (χ1v) is 9.84. The maximum absolute atomic E-state index is 12.0. The summed E-state index contributed by atoms with van der Waals surface area (Å²) >= 11 is 0. The second kappa shape index (κ2) is 10.9. The van der Waals surface area contributed by atoms with Gasteiger partial charge in [0.15, 0.2) is 0 Å². The molecule has 31 heavy (non-hydrogen) atoms. The molecule has 2 aliphatic rings. The molecule has 1 amide bonds. The summed E-state index contributed by atoms with van der Waals surface area (Å²) in [7, 11) is 0. The van der Waals surface area contributed by atoms with Crippen molar-refractivity contribution in [2.45, 2.75) is 38.5 Å². The number of aliphatic carboxylic acids is 1. The van der Waals surface area contributed by atoms with Crippen LogP contribution in [-0.4, -0.2) is 65.5 Å². The molecule has 170 valence electrons. The Kier molecular flexibility index (Phi) is 8.62. The summed E-state index contributed by atoms with van der Waals surface area (Å²) in [5, 5.41) is 15.9. The summed E-state index contributed by atoms with van der Waals surface area (Å²) in [5.41, 5.74) is 0.525. The van der Waals surface area contributed by atoms with E-state index in [4.69, 9.17) is 24.6 Å². The highest BCUT2D eigenvalue weighted by Crippen LogP contribution is 2.35. The number of nitriles is 1. The van der Waals surface area contributed by atoms with Crippen molar-refractivity contribution in [3.8, 4) is 11.9 Å². The number of pyridine rings is 1. The number of carbonyl (C=O) groups is 2. The molecule has 0 bridgehead atoms. The SMILES string of the molecule is CCCC(=O)N1C[C@H]2[C@@H](CCOc3ccc(C#N)cn3)CO[C@H]2C1.O=C(O)C(F)(F)F. The number of ether oxygens (including phenoxy) is 2. The Morgan fingerprint density at radius 1 is 1.39 bits per heavy atom. The zero-order valence-electron chi connectivity index (χ0n) is 17.0. The van der Waals surface area contributed by atoms with E-state index in [0.717, 1.165) is 32.5 Å². The Morgan fingerprint density at radius 3 is 2.65 bits per heavy atom. The van der Waals surface area contributed by atoms with Gasteiger partial charge in [0.2, 0.25) is 11.8 Å². The molecule has 3 atom stereocenters. The Balaban J connectivity index is 0.000000423. The summed E-state index contributed by atoms with van der Waals surface area (Å²) in [6, 6.07) is 5.45. The van der Waals surface area contributed by atoms with Gasteiger partial charge in [-0.25, -0.2) is 9.78 Å². The minimum absolute atomic E-state index is 0.184. The molecule has 2 aliphatic heterocycles. The average molecular weight is 443 g/mol. The van der Waals surface area contributed by atoms with Crippen LogP contribution in [0, 0.1) is 23.2 Å². The molecule has 11 heteroatoms. The average Bonchev–Trinajstić information content (AvgIpc) is 3.30. The zero-order valence-corrected chi connectivity index (χ0v) is 17.0. The highest BCUT2D eigenvalue weighted by atomic mass is 19.4. The summed E-state index contributed by atoms with van der Waals surface area (Å²) in [6.45, 7) is 4.89. The Morgan fingerprint density at radius 2 is 2.10 bits per heavy atom. The van der Waals surface area contributed by atoms with Gasteiger partial charge in [-0.05, 0) is 24.8 Å². The fraction of sp³-hybridized carbons (Fsp3) is 0.600. The second-order valence-corrected chi connectivity index (χ2v) is 7.28. The van der Waals surface area contributed by atoms with Gasteiger partial charge in [-0.1, -0.05) is 6.92 Å². The van der Waals surface area contributed by atoms with Gasteiger partial charge in [-0.15, -0.1) is 0 Å². The van der Waals surface area contributed by atoms with Crippen LogP contribution in [0.5, 0.6) is 5.88 Å². The third kappa shape index (κ3) is 7.10. The van der Waals surface area contributed by atoms with Crippen LogP contribution in [0.2, 0.25) is 0 Å². The van der Waals surface area contributed by atoms with Gasteiger partial charge in [0.1, 0.15) is 6.07 Å². The summed E-state index contributed by atoms with van der Waals surface area (Å²) in [6.07, 6.45) is -0.988. The highest BCUT2D eigenvalue weighted by Gasteiger charge is 2.44. The number of rotatable bonds is 6. The smallest absolute Gasteiger partial charge is 0.478 e. The van der Waals surface area contributed by atoms with E-state index in [0.29, 0.717) is 36.3 Å². The van der Waals surface area contributed by atoms with Crippen LogP contribution in [-0.2, 0) is 14.3 Å². The molecule has 0 spiro atoms. The van der Waals surface area contributed by atoms with Gasteiger partial charge < -0.3 is 19.5 Å². The van der Waals surface area contributed by atoms with E-state index < -0.39 is 12.1 Å². The molecule has 1 N–H and O–H groups in total. The van der Waals surface area contributed by atoms with Crippen LogP contribution >= 0.6 is 0 Å². The molecular weight excluding hydrogens is 419 g/mol. The first kappa shape index (κ1) is 24.4. The number of fused-ring (bicyclic) bond motifs is 1. The monoisotopic (exact) mass is 443 g/mol. The normalized spacial score (nSPS) is 22.2. The van der Waals surface area contributed by atoms with E-state index in [-0.39, 0.29) is 12.0 Å². The summed E-state index contributed by atoms with van der Waals surface area (Å²) in [5.74, 6) is -1.13. The molecule has 1 aromatic heterocycles. The second-order valence-electron chi connectivity index (χ2n) is 7.28. The third-order valence-electron chi connectivity index (χ3n) is 5.10. The summed E-state index contributed by atoms with van der Waals surface area (Å²) < 4.78 is 43.3. The van der Waals surface area contributed by atoms with Crippen molar-refractivity contribution >= 4 is 11.9 Å². The minimum atomic E-state index is -5.08. The molecule has 3 heterocycles. The largest absolute Gasteiger partial charge is 0.490 e. The fourth-order valence-corrected chi connectivity index (χ4v) is 3.52. The van der Waals surface area contributed by atoms with Gasteiger partial charge in [0.05, 0.1) is 24.9 Å². The van der Waals surface area contributed by atoms with Crippen molar-refractivity contribution in [3.63, 3.8) is 0 Å². The molecule has 2 saturated heterocycles. The number of carbonyl (C=O) groups excluding carboxylic acids is 1. The summed E-state index contributed by atoms with van der Waals surface area (Å²) in [4.78, 5) is 27.0. The Bertz CT molecular complexity index is 795. The number of hydrogen-bond donors (Lipinski definition) is 1. The van der Waals surface area contributed by atoms with E-state index in [9.17, 15) is 18.0 Å². The maximum atomic E-state index is 12.0. The molecule has 1 aromatic rings. The number of amides is 1. The van der Waals surface area contributed by atoms with Crippen molar-refractivity contribution in [2.24, 2.45) is 11.8 Å². The van der Waals surface area contributed by atoms with Crippen molar-refractivity contribution in [1.29, 1.82) is 5.26 Å². The molecule has 2 fully saturated rings. The maximum Gasteiger partial charge on any atom is 0.490 e. The standard InChI is InChI=1S/C18H23N3O3.C2HF3O2/c1-2-3-18(22)21-10-15-14(12-24-16(15)11-21)6-7-23-17-5-4-13(8-19)9-20-17;3-2(4,5)1(6)7/h4-5,9,14-16H,2-3,6-7,10-12H2,1H3;(H,6,7)/t14-,15-,16-;/m0./s1. The quantitative estimate of drug-likeness (QED) is 0.719. The topological polar surface area (TPSA) is 113 Å². The number of halogens is 3. The fourth-order valence-electron chi connectivity index (χ4n) is 3.52. The van der Waals surface area contributed by atoms with Crippen LogP contribution in [0.1, 0.15) is 31.7 Å². The Hall–Kier alpha value is -2.87. The van der Waals surface area contributed by atoms with E-state index in [1.807, 2.05) is 17.9 Å². The van der Waals surface area contributed by atoms with Gasteiger partial charge in [-0.3, -0.25) is 4.79 Å². The van der Waals surface area contributed by atoms with E-state index in [1.165, 1.54) is 6.20 Å². The van der Waals surface area contributed by atoms with Crippen LogP contribution in [0.3, 0.4) is 0 Å². The number of aromatic nitrogens is 1. The first-order valence-electron chi connectivity index (χ1n) is 9.84. The number of alkyl halides is 3. The van der Waals surface area contributed by atoms with Crippen LogP contribution in [0.15, 0.2) is 18.3 Å². The van der Waals surface area contributed by atoms with Gasteiger partial charge in [-0.2, -0.15) is 18.4 Å². The van der Waals surface area contributed by atoms with Gasteiger partial charge in [0, 0.05) is 37.7 Å². The Labute approximate surface area is 177 Å². The van der Waals surface area contributed by atoms with Crippen LogP contribution in [0.25, 0.3) is 0 Å². The predicted octanol–water partition coefficient (Wildman–Crippen LogP) is 2.63. The highest BCUT2D eigenvalue weighted by molar-refractivity contribution is 5.76. The van der Waals surface area contributed by atoms with Crippen molar-refractivity contribution in [1.82, 2.24) is 9.88 Å². The first-order chi connectivity index (χ1) is 14.7. The lowest BCUT2D eigenvalue weighted by Crippen LogP contribution is -2.31. The van der Waals surface area contributed by atoms with Crippen molar-refractivity contribution in [3.05, 3.63) is 23.9 Å². The zero-order chi connectivity index (χ0) is 23.0. The van der Waals surface area contributed by atoms with E-state index in [2.05, 4.69) is 4.98 Å². The van der Waals surface area contributed by atoms with Gasteiger partial charge >= 0.3 is 12.1 Å². The molecular formula is C20H24F3N3O5. The molecule has 8 nitrogen and oxygen atoms in total. The van der Waals surface area contributed by atoms with Crippen LogP contribution < -0.4 is 4.74 Å². The molecule has 0 saturated carbocycles. The third-order valence-corrected chi connectivity index (χ3v) is 5.10. The van der Waals surface area contributed by atoms with Crippen molar-refractivity contribution < 1.29 is 37.3 Å². The van der Waals surface area contributed by atoms with Gasteiger partial charge in [0.25, 0.3) is 0 Å². The molecule has 3 rings (SSSR count). The molecule has 0 aromatic carbocycles. The predicted molar refractivity (Wildman–Crippen MR) is 101 cm³/mol. The molecule has 0 unspecified atom stereocenters.